The highest BCUT2D eigenvalue weighted by Gasteiger charge is 2.37. The second kappa shape index (κ2) is 8.50. The molecule has 1 aliphatic heterocycles. The van der Waals surface area contributed by atoms with Crippen molar-refractivity contribution in [1.82, 2.24) is 0 Å². The number of anilines is 1. The van der Waals surface area contributed by atoms with Crippen molar-refractivity contribution in [2.75, 3.05) is 5.01 Å². The standard InChI is InChI=1S/C19H9Br2F5N2O3/c1-6-10(4-8-3-9(20)5-11(21)18(8)31-7(2)29)19(30)28(27-6)17-15(25)13(23)12(22)14(24)16(17)26/h3-5H,1-2H3/b10-4-. The van der Waals surface area contributed by atoms with Crippen molar-refractivity contribution >= 4 is 61.2 Å². The summed E-state index contributed by atoms with van der Waals surface area (Å²) in [5, 5.41) is 3.74. The first-order valence-electron chi connectivity index (χ1n) is 8.24. The molecule has 0 aromatic heterocycles. The maximum Gasteiger partial charge on any atom is 0.308 e. The summed E-state index contributed by atoms with van der Waals surface area (Å²) in [6.07, 6.45) is 1.21. The van der Waals surface area contributed by atoms with Crippen LogP contribution in [0.25, 0.3) is 6.08 Å². The average molecular weight is 568 g/mol. The smallest absolute Gasteiger partial charge is 0.308 e. The minimum absolute atomic E-state index is 0.0403. The van der Waals surface area contributed by atoms with Crippen LogP contribution in [-0.2, 0) is 9.59 Å². The van der Waals surface area contributed by atoms with Crippen LogP contribution >= 0.6 is 31.9 Å². The van der Waals surface area contributed by atoms with E-state index in [1.54, 1.807) is 6.07 Å². The first kappa shape index (κ1) is 23.1. The number of hydrogen-bond donors (Lipinski definition) is 0. The summed E-state index contributed by atoms with van der Waals surface area (Å²) in [5.74, 6) is -12.9. The van der Waals surface area contributed by atoms with Gasteiger partial charge in [-0.15, -0.1) is 0 Å². The fraction of sp³-hybridized carbons (Fsp3) is 0.105. The van der Waals surface area contributed by atoms with Gasteiger partial charge in [-0.05, 0) is 41.1 Å². The van der Waals surface area contributed by atoms with Crippen molar-refractivity contribution < 1.29 is 36.3 Å². The molecule has 0 aliphatic carbocycles. The van der Waals surface area contributed by atoms with Crippen LogP contribution in [0.1, 0.15) is 19.4 Å². The van der Waals surface area contributed by atoms with Crippen LogP contribution < -0.4 is 9.75 Å². The van der Waals surface area contributed by atoms with E-state index in [1.807, 2.05) is 0 Å². The van der Waals surface area contributed by atoms with Gasteiger partial charge in [-0.1, -0.05) is 15.9 Å². The molecule has 0 spiro atoms. The van der Waals surface area contributed by atoms with Crippen molar-refractivity contribution in [2.24, 2.45) is 5.10 Å². The molecule has 12 heteroatoms. The number of ether oxygens (including phenoxy) is 1. The zero-order chi connectivity index (χ0) is 23.2. The van der Waals surface area contributed by atoms with E-state index in [0.717, 1.165) is 6.92 Å². The minimum atomic E-state index is -2.35. The SMILES string of the molecule is CC(=O)Oc1c(Br)cc(Br)cc1/C=C1\C(=O)N(c2c(F)c(F)c(F)c(F)c2F)N=C1C. The van der Waals surface area contributed by atoms with E-state index in [4.69, 9.17) is 4.74 Å². The number of nitrogens with zero attached hydrogens (tertiary/aromatic N) is 2. The molecule has 1 aliphatic rings. The van der Waals surface area contributed by atoms with E-state index in [-0.39, 0.29) is 27.6 Å². The van der Waals surface area contributed by atoms with Crippen molar-refractivity contribution in [3.63, 3.8) is 0 Å². The molecule has 0 radical (unpaired) electrons. The summed E-state index contributed by atoms with van der Waals surface area (Å²) < 4.78 is 74.8. The molecule has 0 saturated carbocycles. The Morgan fingerprint density at radius 3 is 2.13 bits per heavy atom. The van der Waals surface area contributed by atoms with E-state index in [0.29, 0.717) is 8.95 Å². The van der Waals surface area contributed by atoms with Gasteiger partial charge >= 0.3 is 5.97 Å². The van der Waals surface area contributed by atoms with Crippen LogP contribution in [0.2, 0.25) is 0 Å². The van der Waals surface area contributed by atoms with Crippen LogP contribution in [0.5, 0.6) is 5.75 Å². The highest BCUT2D eigenvalue weighted by Crippen LogP contribution is 2.37. The first-order valence-corrected chi connectivity index (χ1v) is 9.83. The molecule has 0 unspecified atom stereocenters. The van der Waals surface area contributed by atoms with Gasteiger partial charge in [0.25, 0.3) is 5.91 Å². The molecule has 2 aromatic carbocycles. The molecule has 0 saturated heterocycles. The molecule has 0 bridgehead atoms. The van der Waals surface area contributed by atoms with E-state index in [2.05, 4.69) is 37.0 Å². The van der Waals surface area contributed by atoms with Crippen LogP contribution in [-0.4, -0.2) is 17.6 Å². The van der Waals surface area contributed by atoms with Gasteiger partial charge in [-0.25, -0.2) is 22.0 Å². The Balaban J connectivity index is 2.14. The Kier molecular flexibility index (Phi) is 6.33. The highest BCUT2D eigenvalue weighted by molar-refractivity contribution is 9.11. The molecule has 0 atom stereocenters. The minimum Gasteiger partial charge on any atom is -0.425 e. The zero-order valence-corrected chi connectivity index (χ0v) is 18.7. The predicted molar refractivity (Wildman–Crippen MR) is 108 cm³/mol. The van der Waals surface area contributed by atoms with Crippen molar-refractivity contribution in [3.05, 3.63) is 61.3 Å². The molecule has 162 valence electrons. The lowest BCUT2D eigenvalue weighted by Crippen LogP contribution is -2.25. The van der Waals surface area contributed by atoms with Gasteiger partial charge in [0.05, 0.1) is 15.8 Å². The molecule has 5 nitrogen and oxygen atoms in total. The van der Waals surface area contributed by atoms with Gasteiger partial charge in [0.2, 0.25) is 5.82 Å². The highest BCUT2D eigenvalue weighted by atomic mass is 79.9. The van der Waals surface area contributed by atoms with Gasteiger partial charge < -0.3 is 4.74 Å². The monoisotopic (exact) mass is 566 g/mol. The third kappa shape index (κ3) is 4.13. The Morgan fingerprint density at radius 2 is 1.58 bits per heavy atom. The van der Waals surface area contributed by atoms with Crippen LogP contribution in [0.3, 0.4) is 0 Å². The Labute approximate surface area is 188 Å². The number of halogens is 7. The first-order chi connectivity index (χ1) is 14.4. The van der Waals surface area contributed by atoms with Crippen molar-refractivity contribution in [2.45, 2.75) is 13.8 Å². The normalized spacial score (nSPS) is 15.0. The molecule has 3 rings (SSSR count). The van der Waals surface area contributed by atoms with Crippen LogP contribution in [0.15, 0.2) is 31.8 Å². The lowest BCUT2D eigenvalue weighted by Gasteiger charge is -2.15. The van der Waals surface area contributed by atoms with Crippen molar-refractivity contribution in [3.8, 4) is 5.75 Å². The van der Waals surface area contributed by atoms with Gasteiger partial charge in [0, 0.05) is 17.0 Å². The lowest BCUT2D eigenvalue weighted by molar-refractivity contribution is -0.131. The topological polar surface area (TPSA) is 59.0 Å². The van der Waals surface area contributed by atoms with E-state index >= 15 is 0 Å². The number of esters is 1. The van der Waals surface area contributed by atoms with E-state index in [9.17, 15) is 31.5 Å². The number of hydrazone groups is 1. The lowest BCUT2D eigenvalue weighted by atomic mass is 10.1. The van der Waals surface area contributed by atoms with E-state index < -0.39 is 46.6 Å². The second-order valence-electron chi connectivity index (χ2n) is 6.18. The maximum atomic E-state index is 14.1. The Morgan fingerprint density at radius 1 is 1.03 bits per heavy atom. The van der Waals surface area contributed by atoms with Gasteiger partial charge in [-0.3, -0.25) is 9.59 Å². The molecular formula is C19H9Br2F5N2O3. The molecule has 0 N–H and O–H groups in total. The number of rotatable bonds is 3. The summed E-state index contributed by atoms with van der Waals surface area (Å²) in [6.45, 7) is 2.46. The molecule has 1 heterocycles. The second-order valence-corrected chi connectivity index (χ2v) is 7.95. The molecule has 1 amide bonds. The fourth-order valence-electron chi connectivity index (χ4n) is 2.71. The third-order valence-corrected chi connectivity index (χ3v) is 5.09. The average Bonchev–Trinajstić information content (AvgIpc) is 2.95. The number of carbonyl (C=O) groups is 2. The van der Waals surface area contributed by atoms with Gasteiger partial charge in [0.1, 0.15) is 5.69 Å². The summed E-state index contributed by atoms with van der Waals surface area (Å²) in [4.78, 5) is 24.2. The van der Waals surface area contributed by atoms with Crippen molar-refractivity contribution in [1.29, 1.82) is 0 Å². The number of carbonyl (C=O) groups excluding carboxylic acids is 2. The molecule has 0 fully saturated rings. The van der Waals surface area contributed by atoms with Crippen LogP contribution in [0, 0.1) is 29.1 Å². The van der Waals surface area contributed by atoms with E-state index in [1.165, 1.54) is 19.1 Å². The summed E-state index contributed by atoms with van der Waals surface area (Å²) in [5.41, 5.74) is -1.59. The number of benzene rings is 2. The Bertz CT molecular complexity index is 1180. The summed E-state index contributed by atoms with van der Waals surface area (Å²) in [7, 11) is 0. The predicted octanol–water partition coefficient (Wildman–Crippen LogP) is 5.64. The molecule has 2 aromatic rings. The Hall–Kier alpha value is -2.60. The quantitative estimate of drug-likeness (QED) is 0.120. The van der Waals surface area contributed by atoms with Gasteiger partial charge in [0.15, 0.2) is 29.0 Å². The summed E-state index contributed by atoms with van der Waals surface area (Å²) in [6, 6.07) is 3.05. The van der Waals surface area contributed by atoms with Gasteiger partial charge in [-0.2, -0.15) is 10.1 Å². The number of amides is 1. The third-order valence-electron chi connectivity index (χ3n) is 4.04. The maximum absolute atomic E-state index is 14.1. The molecular weight excluding hydrogens is 559 g/mol. The zero-order valence-electron chi connectivity index (χ0n) is 15.5. The fourth-order valence-corrected chi connectivity index (χ4v) is 4.05. The molecule has 31 heavy (non-hydrogen) atoms. The van der Waals surface area contributed by atoms with Crippen LogP contribution in [0.4, 0.5) is 27.6 Å². The summed E-state index contributed by atoms with van der Waals surface area (Å²) >= 11 is 6.46. The number of hydrogen-bond acceptors (Lipinski definition) is 4. The largest absolute Gasteiger partial charge is 0.425 e.